The van der Waals surface area contributed by atoms with Crippen molar-refractivity contribution in [2.45, 2.75) is 26.3 Å². The summed E-state index contributed by atoms with van der Waals surface area (Å²) in [6.45, 7) is 3.18. The van der Waals surface area contributed by atoms with Gasteiger partial charge < -0.3 is 9.55 Å². The van der Waals surface area contributed by atoms with Gasteiger partial charge in [0.25, 0.3) is 0 Å². The number of aromatic amines is 1. The maximum absolute atomic E-state index is 12.8. The van der Waals surface area contributed by atoms with Gasteiger partial charge in [0.05, 0.1) is 10.9 Å². The van der Waals surface area contributed by atoms with Crippen molar-refractivity contribution in [2.75, 3.05) is 0 Å². The minimum Gasteiger partial charge on any atom is -0.354 e. The predicted molar refractivity (Wildman–Crippen MR) is 100 cm³/mol. The summed E-state index contributed by atoms with van der Waals surface area (Å²) >= 11 is 0. The van der Waals surface area contributed by atoms with Gasteiger partial charge in [0.1, 0.15) is 0 Å². The molecule has 2 heterocycles. The number of hydrogen-bond acceptors (Lipinski definition) is 1. The highest BCUT2D eigenvalue weighted by atomic mass is 16.1. The van der Waals surface area contributed by atoms with Crippen LogP contribution in [0.2, 0.25) is 0 Å². The molecular weight excluding hydrogens is 296 g/mol. The zero-order valence-electron chi connectivity index (χ0n) is 13.8. The fraction of sp³-hybridized carbons (Fsp3) is 0.190. The van der Waals surface area contributed by atoms with Crippen molar-refractivity contribution in [2.24, 2.45) is 0 Å². The van der Waals surface area contributed by atoms with Crippen LogP contribution in [-0.2, 0) is 6.54 Å². The summed E-state index contributed by atoms with van der Waals surface area (Å²) in [5, 5.41) is 1.81. The Bertz CT molecular complexity index is 1060. The monoisotopic (exact) mass is 316 g/mol. The molecule has 0 aliphatic carbocycles. The molecule has 0 aliphatic heterocycles. The molecule has 2 aromatic carbocycles. The Hall–Kier alpha value is -2.81. The van der Waals surface area contributed by atoms with Crippen molar-refractivity contribution in [3.05, 3.63) is 71.0 Å². The number of nitrogens with zero attached hydrogens (tertiary/aromatic N) is 1. The Kier molecular flexibility index (Phi) is 3.69. The molecule has 3 heteroatoms. The average Bonchev–Trinajstić information content (AvgIpc) is 3.03. The first kappa shape index (κ1) is 14.8. The molecule has 0 spiro atoms. The maximum atomic E-state index is 12.8. The number of aryl methyl sites for hydroxylation is 1. The fourth-order valence-electron chi connectivity index (χ4n) is 3.32. The first-order valence-corrected chi connectivity index (χ1v) is 8.48. The lowest BCUT2D eigenvalue weighted by atomic mass is 10.1. The van der Waals surface area contributed by atoms with E-state index in [1.165, 1.54) is 0 Å². The maximum Gasteiger partial charge on any atom is 0.190 e. The molecule has 0 fully saturated rings. The summed E-state index contributed by atoms with van der Waals surface area (Å²) < 4.78 is 2.24. The largest absolute Gasteiger partial charge is 0.354 e. The molecule has 4 aromatic rings. The Morgan fingerprint density at radius 2 is 1.88 bits per heavy atom. The molecular formula is C21H20N2O. The van der Waals surface area contributed by atoms with Crippen LogP contribution in [0.15, 0.2) is 65.6 Å². The minimum absolute atomic E-state index is 0.0708. The van der Waals surface area contributed by atoms with Gasteiger partial charge in [-0.1, -0.05) is 43.7 Å². The van der Waals surface area contributed by atoms with E-state index < -0.39 is 0 Å². The van der Waals surface area contributed by atoms with Crippen molar-refractivity contribution in [3.8, 4) is 11.3 Å². The number of unbranched alkanes of at least 4 members (excludes halogenated alkanes) is 1. The zero-order chi connectivity index (χ0) is 16.5. The van der Waals surface area contributed by atoms with E-state index in [9.17, 15) is 4.79 Å². The smallest absolute Gasteiger partial charge is 0.190 e. The van der Waals surface area contributed by atoms with Gasteiger partial charge in [-0.15, -0.1) is 0 Å². The van der Waals surface area contributed by atoms with Crippen molar-refractivity contribution in [1.82, 2.24) is 9.55 Å². The van der Waals surface area contributed by atoms with Gasteiger partial charge >= 0.3 is 0 Å². The summed E-state index contributed by atoms with van der Waals surface area (Å²) in [6.07, 6.45) is 4.39. The number of fused-ring (bicyclic) bond motifs is 3. The van der Waals surface area contributed by atoms with Crippen LogP contribution in [0.25, 0.3) is 33.1 Å². The van der Waals surface area contributed by atoms with Gasteiger partial charge in [0, 0.05) is 35.4 Å². The van der Waals surface area contributed by atoms with Gasteiger partial charge in [-0.3, -0.25) is 4.79 Å². The van der Waals surface area contributed by atoms with Gasteiger partial charge in [-0.2, -0.15) is 0 Å². The summed E-state index contributed by atoms with van der Waals surface area (Å²) in [4.78, 5) is 16.2. The van der Waals surface area contributed by atoms with Gasteiger partial charge in [-0.25, -0.2) is 0 Å². The van der Waals surface area contributed by atoms with E-state index >= 15 is 0 Å². The molecule has 4 rings (SSSR count). The molecule has 0 amide bonds. The molecule has 0 bridgehead atoms. The molecule has 0 aliphatic rings. The first-order chi connectivity index (χ1) is 11.8. The fourth-order valence-corrected chi connectivity index (χ4v) is 3.32. The summed E-state index contributed by atoms with van der Waals surface area (Å²) in [5.41, 5.74) is 3.98. The number of nitrogens with one attached hydrogen (secondary N) is 1. The van der Waals surface area contributed by atoms with E-state index in [0.29, 0.717) is 0 Å². The second kappa shape index (κ2) is 6.00. The molecule has 24 heavy (non-hydrogen) atoms. The molecule has 120 valence electrons. The predicted octanol–water partition coefficient (Wildman–Crippen LogP) is 4.95. The Morgan fingerprint density at radius 3 is 2.67 bits per heavy atom. The van der Waals surface area contributed by atoms with E-state index in [1.807, 2.05) is 36.4 Å². The molecule has 1 N–H and O–H groups in total. The van der Waals surface area contributed by atoms with Crippen molar-refractivity contribution >= 4 is 21.8 Å². The van der Waals surface area contributed by atoms with Crippen molar-refractivity contribution in [3.63, 3.8) is 0 Å². The second-order valence-electron chi connectivity index (χ2n) is 6.20. The van der Waals surface area contributed by atoms with Gasteiger partial charge in [0.2, 0.25) is 0 Å². The van der Waals surface area contributed by atoms with Crippen LogP contribution in [0.5, 0.6) is 0 Å². The second-order valence-corrected chi connectivity index (χ2v) is 6.20. The number of H-pyrrole nitrogens is 1. The molecule has 0 saturated carbocycles. The van der Waals surface area contributed by atoms with Gasteiger partial charge in [-0.05, 0) is 30.2 Å². The van der Waals surface area contributed by atoms with E-state index in [1.54, 1.807) is 6.07 Å². The third kappa shape index (κ3) is 2.42. The van der Waals surface area contributed by atoms with Crippen molar-refractivity contribution in [1.29, 1.82) is 0 Å². The van der Waals surface area contributed by atoms with E-state index in [-0.39, 0.29) is 5.43 Å². The molecule has 0 unspecified atom stereocenters. The van der Waals surface area contributed by atoms with Crippen molar-refractivity contribution < 1.29 is 0 Å². The Balaban J connectivity index is 1.92. The highest BCUT2D eigenvalue weighted by molar-refractivity contribution is 6.05. The van der Waals surface area contributed by atoms with E-state index in [2.05, 4.69) is 34.8 Å². The highest BCUT2D eigenvalue weighted by Crippen LogP contribution is 2.25. The number of benzene rings is 2. The third-order valence-corrected chi connectivity index (χ3v) is 4.58. The summed E-state index contributed by atoms with van der Waals surface area (Å²) in [5.74, 6) is 0. The normalized spacial score (nSPS) is 11.4. The molecule has 0 saturated heterocycles. The van der Waals surface area contributed by atoms with Crippen LogP contribution in [-0.4, -0.2) is 9.55 Å². The van der Waals surface area contributed by atoms with Crippen LogP contribution in [0.4, 0.5) is 0 Å². The Labute approximate surface area is 140 Å². The number of aromatic nitrogens is 2. The molecule has 3 nitrogen and oxygen atoms in total. The summed E-state index contributed by atoms with van der Waals surface area (Å²) in [6, 6.07) is 17.9. The lowest BCUT2D eigenvalue weighted by molar-refractivity contribution is 0.650. The van der Waals surface area contributed by atoms with E-state index in [0.717, 1.165) is 52.4 Å². The minimum atomic E-state index is 0.0708. The topological polar surface area (TPSA) is 37.8 Å². The lowest BCUT2D eigenvalue weighted by Crippen LogP contribution is -2.04. The zero-order valence-corrected chi connectivity index (χ0v) is 13.8. The van der Waals surface area contributed by atoms with Crippen LogP contribution >= 0.6 is 0 Å². The number of rotatable bonds is 4. The number of hydrogen-bond donors (Lipinski definition) is 1. The SMILES string of the molecule is CCCCn1ccc2c3c(=O)cc(-c4ccccc4)[nH]c3ccc21. The molecule has 2 aromatic heterocycles. The van der Waals surface area contributed by atoms with Crippen LogP contribution < -0.4 is 5.43 Å². The standard InChI is InChI=1S/C21H20N2O/c1-2-3-12-23-13-11-16-19(23)10-9-17-21(16)20(24)14-18(22-17)15-7-5-4-6-8-15/h4-11,13-14H,2-3,12H2,1H3,(H,22,24). The number of pyridine rings is 1. The van der Waals surface area contributed by atoms with E-state index in [4.69, 9.17) is 0 Å². The quantitative estimate of drug-likeness (QED) is 0.568. The van der Waals surface area contributed by atoms with Crippen LogP contribution in [0.1, 0.15) is 19.8 Å². The average molecular weight is 316 g/mol. The summed E-state index contributed by atoms with van der Waals surface area (Å²) in [7, 11) is 0. The van der Waals surface area contributed by atoms with Gasteiger partial charge in [0.15, 0.2) is 5.43 Å². The Morgan fingerprint density at radius 1 is 1.04 bits per heavy atom. The lowest BCUT2D eigenvalue weighted by Gasteiger charge is -2.07. The molecule has 0 radical (unpaired) electrons. The first-order valence-electron chi connectivity index (χ1n) is 8.48. The third-order valence-electron chi connectivity index (χ3n) is 4.58. The van der Waals surface area contributed by atoms with Crippen LogP contribution in [0.3, 0.4) is 0 Å². The van der Waals surface area contributed by atoms with Crippen LogP contribution in [0, 0.1) is 0 Å². The molecule has 0 atom stereocenters. The highest BCUT2D eigenvalue weighted by Gasteiger charge is 2.10.